The van der Waals surface area contributed by atoms with Gasteiger partial charge in [-0.05, 0) is 30.2 Å². The lowest BCUT2D eigenvalue weighted by Crippen LogP contribution is -2.48. The van der Waals surface area contributed by atoms with Gasteiger partial charge in [0.25, 0.3) is 0 Å². The minimum absolute atomic E-state index is 0.0392. The van der Waals surface area contributed by atoms with Crippen LogP contribution >= 0.6 is 11.6 Å². The number of halogens is 4. The standard InChI is InChI=1S/C13H15ClF3NO2/c14-11-4-9(3-10(5-11)13(15,16)17)6-18-12(7-19)1-2-20-8-12/h3-5,18-19H,1-2,6-8H2. The van der Waals surface area contributed by atoms with Crippen molar-refractivity contribution < 1.29 is 23.0 Å². The van der Waals surface area contributed by atoms with Gasteiger partial charge in [0, 0.05) is 18.2 Å². The van der Waals surface area contributed by atoms with Crippen LogP contribution in [-0.2, 0) is 17.5 Å². The Labute approximate surface area is 119 Å². The first-order valence-electron chi connectivity index (χ1n) is 6.15. The topological polar surface area (TPSA) is 41.5 Å². The maximum Gasteiger partial charge on any atom is 0.416 e. The van der Waals surface area contributed by atoms with Crippen molar-refractivity contribution in [2.75, 3.05) is 19.8 Å². The van der Waals surface area contributed by atoms with Crippen molar-refractivity contribution in [1.82, 2.24) is 5.32 Å². The Morgan fingerprint density at radius 2 is 2.10 bits per heavy atom. The molecule has 7 heteroatoms. The number of aliphatic hydroxyl groups is 1. The molecule has 0 bridgehead atoms. The second-order valence-corrected chi connectivity index (χ2v) is 5.38. The van der Waals surface area contributed by atoms with E-state index in [9.17, 15) is 18.3 Å². The van der Waals surface area contributed by atoms with Crippen molar-refractivity contribution in [1.29, 1.82) is 0 Å². The lowest BCUT2D eigenvalue weighted by molar-refractivity contribution is -0.137. The predicted molar refractivity (Wildman–Crippen MR) is 68.5 cm³/mol. The minimum Gasteiger partial charge on any atom is -0.394 e. The van der Waals surface area contributed by atoms with Crippen LogP contribution < -0.4 is 5.32 Å². The van der Waals surface area contributed by atoms with E-state index in [1.54, 1.807) is 0 Å². The van der Waals surface area contributed by atoms with E-state index < -0.39 is 17.3 Å². The smallest absolute Gasteiger partial charge is 0.394 e. The van der Waals surface area contributed by atoms with Crippen molar-refractivity contribution in [3.8, 4) is 0 Å². The van der Waals surface area contributed by atoms with E-state index in [0.717, 1.165) is 12.1 Å². The Kier molecular flexibility index (Phi) is 4.59. The van der Waals surface area contributed by atoms with E-state index in [0.29, 0.717) is 25.2 Å². The van der Waals surface area contributed by atoms with Crippen LogP contribution in [0.4, 0.5) is 13.2 Å². The van der Waals surface area contributed by atoms with E-state index in [1.807, 2.05) is 0 Å². The highest BCUT2D eigenvalue weighted by atomic mass is 35.5. The summed E-state index contributed by atoms with van der Waals surface area (Å²) in [4.78, 5) is 0. The summed E-state index contributed by atoms with van der Waals surface area (Å²) in [6.45, 7) is 0.931. The lowest BCUT2D eigenvalue weighted by Gasteiger charge is -2.26. The summed E-state index contributed by atoms with van der Waals surface area (Å²) in [5.74, 6) is 0. The van der Waals surface area contributed by atoms with Crippen molar-refractivity contribution in [3.05, 3.63) is 34.3 Å². The molecule has 0 saturated carbocycles. The highest BCUT2D eigenvalue weighted by molar-refractivity contribution is 6.30. The summed E-state index contributed by atoms with van der Waals surface area (Å²) >= 11 is 5.72. The van der Waals surface area contributed by atoms with E-state index in [4.69, 9.17) is 16.3 Å². The van der Waals surface area contributed by atoms with Crippen LogP contribution in [0.15, 0.2) is 18.2 Å². The van der Waals surface area contributed by atoms with Crippen LogP contribution in [0.1, 0.15) is 17.5 Å². The van der Waals surface area contributed by atoms with Crippen LogP contribution in [0.25, 0.3) is 0 Å². The summed E-state index contributed by atoms with van der Waals surface area (Å²) in [7, 11) is 0. The predicted octanol–water partition coefficient (Wildman–Crippen LogP) is 2.60. The van der Waals surface area contributed by atoms with Gasteiger partial charge in [-0.2, -0.15) is 13.2 Å². The molecule has 1 atom stereocenters. The molecule has 1 aromatic carbocycles. The summed E-state index contributed by atoms with van der Waals surface area (Å²) < 4.78 is 43.3. The number of hydrogen-bond donors (Lipinski definition) is 2. The molecule has 1 aromatic rings. The van der Waals surface area contributed by atoms with E-state index in [-0.39, 0.29) is 18.2 Å². The molecule has 3 nitrogen and oxygen atoms in total. The van der Waals surface area contributed by atoms with Crippen molar-refractivity contribution in [3.63, 3.8) is 0 Å². The van der Waals surface area contributed by atoms with Gasteiger partial charge in [0.05, 0.1) is 24.3 Å². The Morgan fingerprint density at radius 1 is 1.35 bits per heavy atom. The highest BCUT2D eigenvalue weighted by Gasteiger charge is 2.34. The maximum absolute atomic E-state index is 12.7. The van der Waals surface area contributed by atoms with Gasteiger partial charge < -0.3 is 15.2 Å². The Morgan fingerprint density at radius 3 is 2.65 bits per heavy atom. The first-order chi connectivity index (χ1) is 9.35. The molecule has 0 radical (unpaired) electrons. The van der Waals surface area contributed by atoms with E-state index in [2.05, 4.69) is 5.32 Å². The molecule has 1 heterocycles. The third-order valence-electron chi connectivity index (χ3n) is 3.36. The third kappa shape index (κ3) is 3.63. The first kappa shape index (κ1) is 15.6. The molecule has 0 amide bonds. The molecule has 0 spiro atoms. The second-order valence-electron chi connectivity index (χ2n) is 4.94. The monoisotopic (exact) mass is 309 g/mol. The first-order valence-corrected chi connectivity index (χ1v) is 6.53. The Bertz CT molecular complexity index is 473. The number of benzene rings is 1. The molecule has 1 fully saturated rings. The third-order valence-corrected chi connectivity index (χ3v) is 3.58. The zero-order chi connectivity index (χ0) is 14.8. The zero-order valence-corrected chi connectivity index (χ0v) is 11.4. The van der Waals surface area contributed by atoms with E-state index >= 15 is 0 Å². The van der Waals surface area contributed by atoms with Gasteiger partial charge in [0.15, 0.2) is 0 Å². The molecule has 1 aliphatic heterocycles. The van der Waals surface area contributed by atoms with Crippen molar-refractivity contribution in [2.24, 2.45) is 0 Å². The van der Waals surface area contributed by atoms with Crippen molar-refractivity contribution >= 4 is 11.6 Å². The summed E-state index contributed by atoms with van der Waals surface area (Å²) in [5.41, 5.74) is -0.937. The SMILES string of the molecule is OCC1(NCc2cc(Cl)cc(C(F)(F)F)c2)CCOC1. The molecular formula is C13H15ClF3NO2. The zero-order valence-electron chi connectivity index (χ0n) is 10.6. The lowest BCUT2D eigenvalue weighted by atomic mass is 9.99. The quantitative estimate of drug-likeness (QED) is 0.898. The molecule has 2 N–H and O–H groups in total. The molecule has 1 saturated heterocycles. The fourth-order valence-electron chi connectivity index (χ4n) is 2.13. The second kappa shape index (κ2) is 5.89. The molecule has 0 aliphatic carbocycles. The molecule has 2 rings (SSSR count). The largest absolute Gasteiger partial charge is 0.416 e. The van der Waals surface area contributed by atoms with Gasteiger partial charge in [-0.15, -0.1) is 0 Å². The molecule has 1 unspecified atom stereocenters. The van der Waals surface area contributed by atoms with Crippen LogP contribution in [0.3, 0.4) is 0 Å². The summed E-state index contributed by atoms with van der Waals surface area (Å²) in [6.07, 6.45) is -3.80. The molecule has 112 valence electrons. The van der Waals surface area contributed by atoms with E-state index in [1.165, 1.54) is 6.07 Å². The number of hydrogen-bond acceptors (Lipinski definition) is 3. The van der Waals surface area contributed by atoms with Gasteiger partial charge in [0.1, 0.15) is 0 Å². The van der Waals surface area contributed by atoms with Crippen LogP contribution in [0.5, 0.6) is 0 Å². The average Bonchev–Trinajstić information content (AvgIpc) is 2.84. The average molecular weight is 310 g/mol. The normalized spacial score (nSPS) is 23.2. The maximum atomic E-state index is 12.7. The fourth-order valence-corrected chi connectivity index (χ4v) is 2.39. The van der Waals surface area contributed by atoms with Gasteiger partial charge in [-0.1, -0.05) is 11.6 Å². The van der Waals surface area contributed by atoms with Gasteiger partial charge in [-0.3, -0.25) is 0 Å². The number of rotatable bonds is 4. The molecule has 0 aromatic heterocycles. The summed E-state index contributed by atoms with van der Waals surface area (Å²) in [6, 6.07) is 3.43. The number of alkyl halides is 3. The van der Waals surface area contributed by atoms with Crippen LogP contribution in [-0.4, -0.2) is 30.5 Å². The number of aliphatic hydroxyl groups excluding tert-OH is 1. The fraction of sp³-hybridized carbons (Fsp3) is 0.538. The Hall–Kier alpha value is -0.820. The molecule has 1 aliphatic rings. The molecular weight excluding hydrogens is 295 g/mol. The number of ether oxygens (including phenoxy) is 1. The van der Waals surface area contributed by atoms with Crippen LogP contribution in [0.2, 0.25) is 5.02 Å². The van der Waals surface area contributed by atoms with Gasteiger partial charge in [0.2, 0.25) is 0 Å². The summed E-state index contributed by atoms with van der Waals surface area (Å²) in [5, 5.41) is 12.5. The minimum atomic E-state index is -4.43. The van der Waals surface area contributed by atoms with Gasteiger partial charge in [-0.25, -0.2) is 0 Å². The van der Waals surface area contributed by atoms with Crippen LogP contribution in [0, 0.1) is 0 Å². The van der Waals surface area contributed by atoms with Gasteiger partial charge >= 0.3 is 6.18 Å². The Balaban J connectivity index is 2.11. The van der Waals surface area contributed by atoms with Crippen molar-refractivity contribution in [2.45, 2.75) is 24.7 Å². The molecule has 20 heavy (non-hydrogen) atoms. The number of nitrogens with one attached hydrogen (secondary N) is 1. The highest BCUT2D eigenvalue weighted by Crippen LogP contribution is 2.32.